The fraction of sp³-hybridized carbons (Fsp3) is 0.300. The van der Waals surface area contributed by atoms with Crippen molar-refractivity contribution < 1.29 is 24.9 Å². The molecule has 9 heteroatoms. The van der Waals surface area contributed by atoms with Crippen LogP contribution in [0.25, 0.3) is 0 Å². The molecule has 1 aromatic rings. The van der Waals surface area contributed by atoms with Crippen LogP contribution in [0.1, 0.15) is 12.5 Å². The molecular formula is C10H10N2O7. The number of rotatable bonds is 5. The molecule has 0 aromatic heterocycles. The standard InChI is InChI=1S/C10H10N2O7/c1-5(10(14)15)2-6-3-7(11(16)17)9(13)8(4-6)12(18)19/h3-5,13H,2H2,1H3,(H,14,15)/t5-/m0/s1. The molecule has 2 N–H and O–H groups in total. The summed E-state index contributed by atoms with van der Waals surface area (Å²) in [5.41, 5.74) is -1.53. The second kappa shape index (κ2) is 5.29. The van der Waals surface area contributed by atoms with Crippen molar-refractivity contribution in [2.75, 3.05) is 0 Å². The summed E-state index contributed by atoms with van der Waals surface area (Å²) in [6.45, 7) is 1.37. The van der Waals surface area contributed by atoms with Crippen LogP contribution in [0.2, 0.25) is 0 Å². The van der Waals surface area contributed by atoms with E-state index in [1.807, 2.05) is 0 Å². The maximum atomic E-state index is 10.7. The average Bonchev–Trinajstić information content (AvgIpc) is 2.30. The van der Waals surface area contributed by atoms with E-state index in [9.17, 15) is 30.1 Å². The predicted molar refractivity (Wildman–Crippen MR) is 61.9 cm³/mol. The van der Waals surface area contributed by atoms with Gasteiger partial charge in [-0.3, -0.25) is 25.0 Å². The van der Waals surface area contributed by atoms with Crippen LogP contribution in [0.3, 0.4) is 0 Å². The molecule has 0 radical (unpaired) electrons. The summed E-state index contributed by atoms with van der Waals surface area (Å²) in [7, 11) is 0. The number of benzene rings is 1. The number of phenols is 1. The maximum Gasteiger partial charge on any atom is 0.318 e. The summed E-state index contributed by atoms with van der Waals surface area (Å²) < 4.78 is 0. The van der Waals surface area contributed by atoms with Gasteiger partial charge in [-0.25, -0.2) is 0 Å². The number of carboxylic acids is 1. The lowest BCUT2D eigenvalue weighted by Crippen LogP contribution is -2.12. The summed E-state index contributed by atoms with van der Waals surface area (Å²) in [6.07, 6.45) is -0.114. The first-order valence-electron chi connectivity index (χ1n) is 5.11. The Labute approximate surface area is 106 Å². The number of carboxylic acid groups (broad SMARTS) is 1. The Morgan fingerprint density at radius 2 is 1.68 bits per heavy atom. The zero-order valence-electron chi connectivity index (χ0n) is 9.77. The van der Waals surface area contributed by atoms with Crippen molar-refractivity contribution in [3.05, 3.63) is 37.9 Å². The predicted octanol–water partition coefficient (Wildman–Crippen LogP) is 1.47. The van der Waals surface area contributed by atoms with Gasteiger partial charge in [0.05, 0.1) is 15.8 Å². The first-order chi connectivity index (χ1) is 8.73. The van der Waals surface area contributed by atoms with E-state index in [0.717, 1.165) is 12.1 Å². The third kappa shape index (κ3) is 3.15. The van der Waals surface area contributed by atoms with E-state index in [4.69, 9.17) is 5.11 Å². The van der Waals surface area contributed by atoms with Crippen molar-refractivity contribution in [1.29, 1.82) is 0 Å². The Hall–Kier alpha value is -2.71. The Morgan fingerprint density at radius 3 is 2.00 bits per heavy atom. The summed E-state index contributed by atoms with van der Waals surface area (Å²) >= 11 is 0. The highest BCUT2D eigenvalue weighted by atomic mass is 16.6. The SMILES string of the molecule is C[C@@H](Cc1cc([N+](=O)[O-])c(O)c([N+](=O)[O-])c1)C(=O)O. The van der Waals surface area contributed by atoms with E-state index in [1.165, 1.54) is 6.92 Å². The van der Waals surface area contributed by atoms with Crippen molar-refractivity contribution in [2.24, 2.45) is 5.92 Å². The molecule has 0 aliphatic heterocycles. The zero-order chi connectivity index (χ0) is 14.7. The molecule has 0 heterocycles. The van der Waals surface area contributed by atoms with Crippen molar-refractivity contribution in [3.8, 4) is 5.75 Å². The molecule has 9 nitrogen and oxygen atoms in total. The van der Waals surface area contributed by atoms with Crippen molar-refractivity contribution in [2.45, 2.75) is 13.3 Å². The van der Waals surface area contributed by atoms with Crippen LogP contribution in [0.4, 0.5) is 11.4 Å². The molecule has 1 rings (SSSR count). The van der Waals surface area contributed by atoms with Gasteiger partial charge in [-0.05, 0) is 12.0 Å². The fourth-order valence-corrected chi connectivity index (χ4v) is 1.50. The lowest BCUT2D eigenvalue weighted by atomic mass is 10.00. The highest BCUT2D eigenvalue weighted by Crippen LogP contribution is 2.37. The van der Waals surface area contributed by atoms with E-state index >= 15 is 0 Å². The number of nitro benzene ring substituents is 2. The van der Waals surface area contributed by atoms with Crippen LogP contribution in [0.15, 0.2) is 12.1 Å². The molecule has 0 fully saturated rings. The zero-order valence-corrected chi connectivity index (χ0v) is 9.77. The monoisotopic (exact) mass is 270 g/mol. The van der Waals surface area contributed by atoms with Crippen LogP contribution in [0, 0.1) is 26.1 Å². The topological polar surface area (TPSA) is 144 Å². The van der Waals surface area contributed by atoms with Crippen LogP contribution >= 0.6 is 0 Å². The number of nitro groups is 2. The van der Waals surface area contributed by atoms with Crippen molar-refractivity contribution in [3.63, 3.8) is 0 Å². The number of nitrogens with zero attached hydrogens (tertiary/aromatic N) is 2. The van der Waals surface area contributed by atoms with Crippen LogP contribution in [0.5, 0.6) is 5.75 Å². The molecule has 19 heavy (non-hydrogen) atoms. The highest BCUT2D eigenvalue weighted by molar-refractivity contribution is 5.70. The quantitative estimate of drug-likeness (QED) is 0.608. The number of hydrogen-bond acceptors (Lipinski definition) is 6. The number of phenolic OH excluding ortho intramolecular Hbond substituents is 1. The van der Waals surface area contributed by atoms with Crippen LogP contribution < -0.4 is 0 Å². The largest absolute Gasteiger partial charge is 0.497 e. The first-order valence-corrected chi connectivity index (χ1v) is 5.11. The van der Waals surface area contributed by atoms with Gasteiger partial charge >= 0.3 is 17.3 Å². The molecule has 0 unspecified atom stereocenters. The Kier molecular flexibility index (Phi) is 4.00. The number of aromatic hydroxyl groups is 1. The molecule has 0 spiro atoms. The van der Waals surface area contributed by atoms with Gasteiger partial charge in [0, 0.05) is 12.1 Å². The normalized spacial score (nSPS) is 11.8. The minimum atomic E-state index is -1.13. The van der Waals surface area contributed by atoms with E-state index < -0.39 is 38.9 Å². The third-order valence-corrected chi connectivity index (χ3v) is 2.49. The minimum absolute atomic E-state index is 0.103. The van der Waals surface area contributed by atoms with E-state index in [1.54, 1.807) is 0 Å². The maximum absolute atomic E-state index is 10.7. The molecule has 0 aliphatic carbocycles. The number of aliphatic carboxylic acids is 1. The van der Waals surface area contributed by atoms with Gasteiger partial charge < -0.3 is 10.2 Å². The Balaban J connectivity index is 3.30. The van der Waals surface area contributed by atoms with Gasteiger partial charge in [-0.1, -0.05) is 6.92 Å². The molecule has 1 aromatic carbocycles. The summed E-state index contributed by atoms with van der Waals surface area (Å²) in [4.78, 5) is 30.1. The van der Waals surface area contributed by atoms with E-state index in [-0.39, 0.29) is 12.0 Å². The third-order valence-electron chi connectivity index (χ3n) is 2.49. The number of hydrogen-bond donors (Lipinski definition) is 2. The van der Waals surface area contributed by atoms with Gasteiger partial charge in [-0.2, -0.15) is 0 Å². The summed E-state index contributed by atoms with van der Waals surface area (Å²) in [6, 6.07) is 1.86. The Bertz CT molecular complexity index is 520. The molecule has 0 amide bonds. The lowest BCUT2D eigenvalue weighted by Gasteiger charge is -2.07. The molecule has 0 saturated heterocycles. The second-order valence-corrected chi connectivity index (χ2v) is 3.94. The van der Waals surface area contributed by atoms with Crippen LogP contribution in [-0.2, 0) is 11.2 Å². The smallest absolute Gasteiger partial charge is 0.318 e. The van der Waals surface area contributed by atoms with Gasteiger partial charge in [0.25, 0.3) is 5.75 Å². The minimum Gasteiger partial charge on any atom is -0.497 e. The second-order valence-electron chi connectivity index (χ2n) is 3.94. The van der Waals surface area contributed by atoms with Crippen molar-refractivity contribution in [1.82, 2.24) is 0 Å². The van der Waals surface area contributed by atoms with E-state index in [0.29, 0.717) is 0 Å². The summed E-state index contributed by atoms with van der Waals surface area (Å²) in [5.74, 6) is -3.02. The molecule has 0 bridgehead atoms. The van der Waals surface area contributed by atoms with Gasteiger partial charge in [-0.15, -0.1) is 0 Å². The number of carbonyl (C=O) groups is 1. The van der Waals surface area contributed by atoms with Crippen LogP contribution in [-0.4, -0.2) is 26.0 Å². The molecule has 102 valence electrons. The fourth-order valence-electron chi connectivity index (χ4n) is 1.50. The van der Waals surface area contributed by atoms with E-state index in [2.05, 4.69) is 0 Å². The molecule has 0 aliphatic rings. The highest BCUT2D eigenvalue weighted by Gasteiger charge is 2.27. The Morgan fingerprint density at radius 1 is 1.26 bits per heavy atom. The summed E-state index contributed by atoms with van der Waals surface area (Å²) in [5, 5.41) is 39.5. The van der Waals surface area contributed by atoms with Crippen molar-refractivity contribution >= 4 is 17.3 Å². The average molecular weight is 270 g/mol. The van der Waals surface area contributed by atoms with Gasteiger partial charge in [0.1, 0.15) is 0 Å². The van der Waals surface area contributed by atoms with Gasteiger partial charge in [0.15, 0.2) is 0 Å². The van der Waals surface area contributed by atoms with Gasteiger partial charge in [0.2, 0.25) is 0 Å². The molecule has 0 saturated carbocycles. The first kappa shape index (κ1) is 14.4. The lowest BCUT2D eigenvalue weighted by molar-refractivity contribution is -0.396. The molecular weight excluding hydrogens is 260 g/mol. The molecule has 1 atom stereocenters.